The Morgan fingerprint density at radius 1 is 1.03 bits per heavy atom. The summed E-state index contributed by atoms with van der Waals surface area (Å²) in [4.78, 5) is 8.04. The third-order valence-electron chi connectivity index (χ3n) is 7.27. The Bertz CT molecular complexity index is 1340. The molecule has 5 rings (SSSR count). The van der Waals surface area contributed by atoms with Gasteiger partial charge in [0.25, 0.3) is 0 Å². The fraction of sp³-hybridized carbons (Fsp3) is 0.379. The number of hydrogen-bond acceptors (Lipinski definition) is 6. The summed E-state index contributed by atoms with van der Waals surface area (Å²) in [6.45, 7) is 8.50. The lowest BCUT2D eigenvalue weighted by Gasteiger charge is -2.34. The summed E-state index contributed by atoms with van der Waals surface area (Å²) in [7, 11) is 3.72. The highest BCUT2D eigenvalue weighted by Crippen LogP contribution is 2.46. The lowest BCUT2D eigenvalue weighted by atomic mass is 9.98. The molecule has 0 atom stereocenters. The number of fused-ring (bicyclic) bond motifs is 1. The average molecular weight is 577 g/mol. The summed E-state index contributed by atoms with van der Waals surface area (Å²) < 4.78 is 25.8. The number of likely N-dealkylation sites (N-methyl/N-ethyl adjacent to an activating group) is 1. The van der Waals surface area contributed by atoms with Crippen LogP contribution in [0.1, 0.15) is 27.1 Å². The number of thiophene rings is 1. The Hall–Kier alpha value is -2.13. The first-order valence-corrected chi connectivity index (χ1v) is 14.4. The summed E-state index contributed by atoms with van der Waals surface area (Å²) >= 11 is 15.6. The smallest absolute Gasteiger partial charge is 0.138 e. The summed E-state index contributed by atoms with van der Waals surface area (Å²) in [6.07, 6.45) is 0. The van der Waals surface area contributed by atoms with Crippen molar-refractivity contribution in [1.29, 1.82) is 0 Å². The van der Waals surface area contributed by atoms with E-state index in [4.69, 9.17) is 32.7 Å². The van der Waals surface area contributed by atoms with Crippen LogP contribution in [0.25, 0.3) is 10.7 Å². The molecule has 0 saturated carbocycles. The molecule has 38 heavy (non-hydrogen) atoms. The molecule has 202 valence electrons. The highest BCUT2D eigenvalue weighted by atomic mass is 35.5. The molecule has 0 amide bonds. The molecule has 0 spiro atoms. The third-order valence-corrected chi connectivity index (χ3v) is 9.03. The van der Waals surface area contributed by atoms with Gasteiger partial charge in [-0.3, -0.25) is 4.90 Å². The predicted octanol–water partition coefficient (Wildman–Crippen LogP) is 6.71. The molecule has 5 nitrogen and oxygen atoms in total. The quantitative estimate of drug-likeness (QED) is 0.298. The van der Waals surface area contributed by atoms with Crippen LogP contribution in [0, 0.1) is 12.7 Å². The summed E-state index contributed by atoms with van der Waals surface area (Å²) in [5.41, 5.74) is 5.01. The molecular formula is C29H32Cl2FN3O2S. The van der Waals surface area contributed by atoms with Crippen LogP contribution in [0.5, 0.6) is 5.75 Å². The number of halogens is 3. The maximum absolute atomic E-state index is 14.4. The SMILES string of the molecule is COCc1cc(N2Cc3sccc3C(Cl)=C2c2ccc(OCCN3CCN(C)CC3)c(Cl)c2C)ccc1F. The molecule has 2 aromatic carbocycles. The normalized spacial score (nSPS) is 16.7. The number of rotatable bonds is 8. The second kappa shape index (κ2) is 11.9. The van der Waals surface area contributed by atoms with Crippen molar-refractivity contribution in [1.82, 2.24) is 9.80 Å². The molecule has 1 saturated heterocycles. The van der Waals surface area contributed by atoms with Crippen LogP contribution in [0.3, 0.4) is 0 Å². The van der Waals surface area contributed by atoms with Crippen LogP contribution in [0.2, 0.25) is 5.02 Å². The zero-order valence-corrected chi connectivity index (χ0v) is 24.2. The number of anilines is 1. The first-order valence-electron chi connectivity index (χ1n) is 12.7. The first kappa shape index (κ1) is 27.4. The summed E-state index contributed by atoms with van der Waals surface area (Å²) in [5, 5.41) is 3.27. The highest BCUT2D eigenvalue weighted by molar-refractivity contribution is 7.10. The molecular weight excluding hydrogens is 544 g/mol. The van der Waals surface area contributed by atoms with E-state index in [0.29, 0.717) is 34.5 Å². The lowest BCUT2D eigenvalue weighted by molar-refractivity contribution is 0.134. The fourth-order valence-corrected chi connectivity index (χ4v) is 6.52. The maximum atomic E-state index is 14.4. The molecule has 2 aliphatic rings. The molecule has 2 aliphatic heterocycles. The Morgan fingerprint density at radius 2 is 1.82 bits per heavy atom. The van der Waals surface area contributed by atoms with E-state index in [0.717, 1.165) is 65.7 Å². The molecule has 3 aromatic rings. The fourth-order valence-electron chi connectivity index (χ4n) is 4.99. The van der Waals surface area contributed by atoms with E-state index in [1.165, 1.54) is 6.07 Å². The summed E-state index contributed by atoms with van der Waals surface area (Å²) in [5.74, 6) is 0.375. The second-order valence-corrected chi connectivity index (χ2v) is 11.5. The maximum Gasteiger partial charge on any atom is 0.138 e. The van der Waals surface area contributed by atoms with Gasteiger partial charge in [-0.2, -0.15) is 0 Å². The van der Waals surface area contributed by atoms with E-state index in [-0.39, 0.29) is 12.4 Å². The van der Waals surface area contributed by atoms with Crippen LogP contribution in [-0.4, -0.2) is 63.3 Å². The van der Waals surface area contributed by atoms with Crippen LogP contribution in [0.15, 0.2) is 41.8 Å². The van der Waals surface area contributed by atoms with Crippen molar-refractivity contribution in [2.75, 3.05) is 58.4 Å². The Kier molecular flexibility index (Phi) is 8.62. The Labute approximate surface area is 238 Å². The van der Waals surface area contributed by atoms with Gasteiger partial charge in [0.1, 0.15) is 18.2 Å². The zero-order valence-electron chi connectivity index (χ0n) is 21.9. The van der Waals surface area contributed by atoms with Gasteiger partial charge in [-0.25, -0.2) is 4.39 Å². The second-order valence-electron chi connectivity index (χ2n) is 9.76. The van der Waals surface area contributed by atoms with Crippen molar-refractivity contribution < 1.29 is 13.9 Å². The molecule has 0 unspecified atom stereocenters. The molecule has 0 radical (unpaired) electrons. The van der Waals surface area contributed by atoms with Gasteiger partial charge in [0.15, 0.2) is 0 Å². The number of nitrogens with zero attached hydrogens (tertiary/aromatic N) is 3. The monoisotopic (exact) mass is 575 g/mol. The Balaban J connectivity index is 1.45. The molecule has 3 heterocycles. The van der Waals surface area contributed by atoms with Gasteiger partial charge in [-0.05, 0) is 61.3 Å². The lowest BCUT2D eigenvalue weighted by Crippen LogP contribution is -2.45. The number of ether oxygens (including phenoxy) is 2. The third kappa shape index (κ3) is 5.60. The van der Waals surface area contributed by atoms with Gasteiger partial charge in [0, 0.05) is 67.1 Å². The minimum Gasteiger partial charge on any atom is -0.491 e. The van der Waals surface area contributed by atoms with Crippen molar-refractivity contribution in [3.05, 3.63) is 79.7 Å². The standard InChI is InChI=1S/C29H32Cl2FN3O2S/c1-19-22(5-7-25(27(19)30)37-14-13-34-11-9-33(2)10-12-34)29-28(31)23-8-15-38-26(23)17-35(29)21-4-6-24(32)20(16-21)18-36-3/h4-8,15-16H,9-14,17-18H2,1-3H3. The van der Waals surface area contributed by atoms with Crippen LogP contribution in [0.4, 0.5) is 10.1 Å². The summed E-state index contributed by atoms with van der Waals surface area (Å²) in [6, 6.07) is 11.1. The highest BCUT2D eigenvalue weighted by Gasteiger charge is 2.29. The van der Waals surface area contributed by atoms with Gasteiger partial charge < -0.3 is 19.3 Å². The van der Waals surface area contributed by atoms with Crippen LogP contribution < -0.4 is 9.64 Å². The zero-order chi connectivity index (χ0) is 26.8. The van der Waals surface area contributed by atoms with Gasteiger partial charge >= 0.3 is 0 Å². The van der Waals surface area contributed by atoms with E-state index in [2.05, 4.69) is 21.7 Å². The van der Waals surface area contributed by atoms with Crippen LogP contribution >= 0.6 is 34.5 Å². The van der Waals surface area contributed by atoms with E-state index in [1.54, 1.807) is 24.5 Å². The number of hydrogen-bond donors (Lipinski definition) is 0. The number of piperazine rings is 1. The van der Waals surface area contributed by atoms with Gasteiger partial charge in [-0.1, -0.05) is 23.2 Å². The molecule has 9 heteroatoms. The van der Waals surface area contributed by atoms with Crippen molar-refractivity contribution in [3.63, 3.8) is 0 Å². The Morgan fingerprint density at radius 3 is 2.58 bits per heavy atom. The van der Waals surface area contributed by atoms with E-state index in [1.807, 2.05) is 36.6 Å². The number of benzene rings is 2. The predicted molar refractivity (Wildman–Crippen MR) is 156 cm³/mol. The topological polar surface area (TPSA) is 28.2 Å². The molecule has 1 fully saturated rings. The van der Waals surface area contributed by atoms with E-state index >= 15 is 0 Å². The molecule has 0 N–H and O–H groups in total. The van der Waals surface area contributed by atoms with Gasteiger partial charge in [-0.15, -0.1) is 11.3 Å². The first-order chi connectivity index (χ1) is 18.4. The van der Waals surface area contributed by atoms with Gasteiger partial charge in [0.05, 0.1) is 28.9 Å². The molecule has 0 bridgehead atoms. The van der Waals surface area contributed by atoms with E-state index < -0.39 is 0 Å². The van der Waals surface area contributed by atoms with E-state index in [9.17, 15) is 4.39 Å². The van der Waals surface area contributed by atoms with Crippen molar-refractivity contribution in [2.45, 2.75) is 20.1 Å². The largest absolute Gasteiger partial charge is 0.491 e. The molecule has 0 aliphatic carbocycles. The van der Waals surface area contributed by atoms with Crippen molar-refractivity contribution in [3.8, 4) is 5.75 Å². The van der Waals surface area contributed by atoms with Gasteiger partial charge in [0.2, 0.25) is 0 Å². The molecule has 1 aromatic heterocycles. The average Bonchev–Trinajstić information content (AvgIpc) is 3.39. The van der Waals surface area contributed by atoms with Crippen molar-refractivity contribution >= 4 is 51.0 Å². The van der Waals surface area contributed by atoms with Crippen molar-refractivity contribution in [2.24, 2.45) is 0 Å². The van der Waals surface area contributed by atoms with Crippen LogP contribution in [-0.2, 0) is 17.9 Å². The minimum atomic E-state index is -0.293. The number of methoxy groups -OCH3 is 1. The minimum absolute atomic E-state index is 0.190.